The first-order chi connectivity index (χ1) is 8.37. The number of fused-ring (bicyclic) bond motifs is 1. The average Bonchev–Trinajstić information content (AvgIpc) is 2.67. The van der Waals surface area contributed by atoms with Gasteiger partial charge in [0, 0.05) is 6.20 Å². The number of hydrogen-bond donors (Lipinski definition) is 0. The van der Waals surface area contributed by atoms with Crippen LogP contribution >= 0.6 is 46.4 Å². The van der Waals surface area contributed by atoms with Crippen molar-refractivity contribution in [3.63, 3.8) is 0 Å². The van der Waals surface area contributed by atoms with Crippen molar-refractivity contribution in [3.05, 3.63) is 50.9 Å². The zero-order valence-electron chi connectivity index (χ0n) is 9.09. The minimum atomic E-state index is -0.864. The summed E-state index contributed by atoms with van der Waals surface area (Å²) >= 11 is 24.2. The SMILES string of the molecule is C=CN1C[N+]([O-])(C=C)c2c(Cl)c(Cl)c(Cl)c(Cl)c21. The first-order valence-electron chi connectivity index (χ1n) is 4.85. The van der Waals surface area contributed by atoms with Gasteiger partial charge in [-0.05, 0) is 6.58 Å². The van der Waals surface area contributed by atoms with Crippen molar-refractivity contribution in [1.29, 1.82) is 0 Å². The Bertz CT molecular complexity index is 561. The van der Waals surface area contributed by atoms with Gasteiger partial charge in [-0.3, -0.25) is 9.55 Å². The van der Waals surface area contributed by atoms with Crippen LogP contribution in [0.2, 0.25) is 20.1 Å². The second-order valence-electron chi connectivity index (χ2n) is 3.73. The van der Waals surface area contributed by atoms with E-state index < -0.39 is 4.65 Å². The third-order valence-electron chi connectivity index (χ3n) is 2.76. The highest BCUT2D eigenvalue weighted by Gasteiger charge is 2.40. The van der Waals surface area contributed by atoms with Crippen molar-refractivity contribution >= 4 is 57.8 Å². The van der Waals surface area contributed by atoms with E-state index in [1.54, 1.807) is 4.90 Å². The lowest BCUT2D eigenvalue weighted by Crippen LogP contribution is -2.38. The van der Waals surface area contributed by atoms with Gasteiger partial charge in [0.2, 0.25) is 0 Å². The first kappa shape index (κ1) is 14.0. The molecule has 0 N–H and O–H groups in total. The molecule has 1 aromatic rings. The molecule has 0 fully saturated rings. The van der Waals surface area contributed by atoms with Gasteiger partial charge in [0.15, 0.2) is 12.4 Å². The zero-order chi connectivity index (χ0) is 13.7. The fourth-order valence-electron chi connectivity index (χ4n) is 1.88. The van der Waals surface area contributed by atoms with Crippen molar-refractivity contribution in [2.75, 3.05) is 11.6 Å². The molecule has 1 unspecified atom stereocenters. The Kier molecular flexibility index (Phi) is 3.58. The third kappa shape index (κ3) is 1.74. The number of hydrogen-bond acceptors (Lipinski definition) is 2. The normalized spacial score (nSPS) is 21.9. The highest BCUT2D eigenvalue weighted by atomic mass is 35.5. The zero-order valence-corrected chi connectivity index (χ0v) is 12.1. The van der Waals surface area contributed by atoms with Crippen LogP contribution in [0.5, 0.6) is 0 Å². The molecule has 0 radical (unpaired) electrons. The highest BCUT2D eigenvalue weighted by Crippen LogP contribution is 2.55. The Morgan fingerprint density at radius 1 is 1.06 bits per heavy atom. The van der Waals surface area contributed by atoms with Gasteiger partial charge < -0.3 is 5.21 Å². The summed E-state index contributed by atoms with van der Waals surface area (Å²) in [5.74, 6) is 0. The van der Waals surface area contributed by atoms with E-state index in [-0.39, 0.29) is 32.4 Å². The molecule has 0 bridgehead atoms. The Morgan fingerprint density at radius 2 is 1.61 bits per heavy atom. The maximum atomic E-state index is 12.6. The number of hydroxylamine groups is 2. The minimum Gasteiger partial charge on any atom is -0.621 e. The number of quaternary nitrogens is 1. The van der Waals surface area contributed by atoms with Gasteiger partial charge in [-0.15, -0.1) is 0 Å². The van der Waals surface area contributed by atoms with Gasteiger partial charge >= 0.3 is 0 Å². The molecule has 3 nitrogen and oxygen atoms in total. The van der Waals surface area contributed by atoms with Crippen molar-refractivity contribution in [1.82, 2.24) is 4.65 Å². The lowest BCUT2D eigenvalue weighted by atomic mass is 10.2. The number of nitrogens with zero attached hydrogens (tertiary/aromatic N) is 2. The number of halogens is 4. The summed E-state index contributed by atoms with van der Waals surface area (Å²) in [7, 11) is 0. The van der Waals surface area contributed by atoms with Gasteiger partial charge in [0.25, 0.3) is 0 Å². The molecule has 96 valence electrons. The van der Waals surface area contributed by atoms with Crippen molar-refractivity contribution in [2.24, 2.45) is 0 Å². The molecule has 7 heteroatoms. The van der Waals surface area contributed by atoms with E-state index in [4.69, 9.17) is 46.4 Å². The van der Waals surface area contributed by atoms with E-state index in [0.717, 1.165) is 0 Å². The minimum absolute atomic E-state index is 0.0401. The van der Waals surface area contributed by atoms with Gasteiger partial charge in [0.1, 0.15) is 10.7 Å². The molecule has 0 amide bonds. The topological polar surface area (TPSA) is 26.3 Å². The Balaban J connectivity index is 2.89. The summed E-state index contributed by atoms with van der Waals surface area (Å²) in [5, 5.41) is 13.0. The van der Waals surface area contributed by atoms with Crippen LogP contribution in [-0.2, 0) is 0 Å². The molecular weight excluding hydrogens is 318 g/mol. The predicted molar refractivity (Wildman–Crippen MR) is 79.4 cm³/mol. The maximum absolute atomic E-state index is 12.6. The number of benzene rings is 1. The smallest absolute Gasteiger partial charge is 0.185 e. The van der Waals surface area contributed by atoms with E-state index in [1.807, 2.05) is 0 Å². The molecule has 1 aliphatic heterocycles. The monoisotopic (exact) mass is 324 g/mol. The lowest BCUT2D eigenvalue weighted by molar-refractivity contribution is 0.533. The van der Waals surface area contributed by atoms with Gasteiger partial charge in [-0.1, -0.05) is 53.0 Å². The molecule has 0 aliphatic carbocycles. The van der Waals surface area contributed by atoms with Crippen molar-refractivity contribution in [2.45, 2.75) is 0 Å². The summed E-state index contributed by atoms with van der Waals surface area (Å²) in [6.45, 7) is 7.20. The van der Waals surface area contributed by atoms with Gasteiger partial charge in [-0.25, -0.2) is 0 Å². The van der Waals surface area contributed by atoms with Gasteiger partial charge in [-0.2, -0.15) is 0 Å². The molecule has 1 aliphatic rings. The molecule has 0 aromatic heterocycles. The first-order valence-corrected chi connectivity index (χ1v) is 6.36. The maximum Gasteiger partial charge on any atom is 0.185 e. The molecule has 0 saturated carbocycles. The van der Waals surface area contributed by atoms with Crippen LogP contribution in [0, 0.1) is 5.21 Å². The molecule has 2 rings (SSSR count). The molecule has 1 aromatic carbocycles. The van der Waals surface area contributed by atoms with E-state index in [1.165, 1.54) is 12.4 Å². The Morgan fingerprint density at radius 3 is 2.11 bits per heavy atom. The van der Waals surface area contributed by atoms with E-state index >= 15 is 0 Å². The summed E-state index contributed by atoms with van der Waals surface area (Å²) < 4.78 is -0.864. The molecule has 1 heterocycles. The second-order valence-corrected chi connectivity index (χ2v) is 5.24. The van der Waals surface area contributed by atoms with Crippen LogP contribution in [0.4, 0.5) is 11.4 Å². The summed E-state index contributed by atoms with van der Waals surface area (Å²) in [6.07, 6.45) is 2.70. The summed E-state index contributed by atoms with van der Waals surface area (Å²) in [6, 6.07) is 0. The van der Waals surface area contributed by atoms with Crippen LogP contribution in [-0.4, -0.2) is 6.67 Å². The van der Waals surface area contributed by atoms with Crippen LogP contribution in [0.1, 0.15) is 0 Å². The molecule has 0 spiro atoms. The van der Waals surface area contributed by atoms with Crippen LogP contribution in [0.25, 0.3) is 0 Å². The fourth-order valence-corrected chi connectivity index (χ4v) is 2.97. The van der Waals surface area contributed by atoms with E-state index in [2.05, 4.69) is 13.2 Å². The largest absolute Gasteiger partial charge is 0.621 e. The van der Waals surface area contributed by atoms with Crippen molar-refractivity contribution < 1.29 is 0 Å². The Hall–Kier alpha value is -0.420. The lowest BCUT2D eigenvalue weighted by Gasteiger charge is -2.33. The average molecular weight is 326 g/mol. The number of anilines is 1. The van der Waals surface area contributed by atoms with E-state index in [9.17, 15) is 5.21 Å². The molecule has 18 heavy (non-hydrogen) atoms. The third-order valence-corrected chi connectivity index (χ3v) is 4.54. The standard InChI is InChI=1S/C11H8Cl4N2O/c1-3-16-5-17(18,4-2)11-9(15)7(13)6(12)8(14)10(11)16/h3-4H,1-2,5H2. The molecular formula is C11H8Cl4N2O. The Labute approximate surface area is 125 Å². The predicted octanol–water partition coefficient (Wildman–Crippen LogP) is 5.17. The van der Waals surface area contributed by atoms with Crippen LogP contribution in [0.15, 0.2) is 25.6 Å². The summed E-state index contributed by atoms with van der Waals surface area (Å²) in [4.78, 5) is 1.57. The second kappa shape index (κ2) is 4.60. The van der Waals surface area contributed by atoms with Crippen molar-refractivity contribution in [3.8, 4) is 0 Å². The quantitative estimate of drug-likeness (QED) is 0.324. The van der Waals surface area contributed by atoms with Gasteiger partial charge in [0.05, 0.1) is 21.3 Å². The molecule has 0 saturated heterocycles. The van der Waals surface area contributed by atoms with Crippen LogP contribution in [0.3, 0.4) is 0 Å². The fraction of sp³-hybridized carbons (Fsp3) is 0.0909. The summed E-state index contributed by atoms with van der Waals surface area (Å²) in [5.41, 5.74) is 0.645. The van der Waals surface area contributed by atoms with Crippen LogP contribution < -0.4 is 9.55 Å². The number of rotatable bonds is 2. The van der Waals surface area contributed by atoms with E-state index in [0.29, 0.717) is 5.69 Å². The molecule has 1 atom stereocenters. The highest BCUT2D eigenvalue weighted by molar-refractivity contribution is 6.54.